The highest BCUT2D eigenvalue weighted by atomic mass is 32.1. The summed E-state index contributed by atoms with van der Waals surface area (Å²) >= 11 is 1.48. The van der Waals surface area contributed by atoms with Gasteiger partial charge in [0, 0.05) is 13.1 Å². The molecule has 0 saturated heterocycles. The molecule has 0 aromatic carbocycles. The van der Waals surface area contributed by atoms with Crippen LogP contribution in [0.4, 0.5) is 0 Å². The summed E-state index contributed by atoms with van der Waals surface area (Å²) in [5.41, 5.74) is 2.00. The van der Waals surface area contributed by atoms with Gasteiger partial charge in [0.1, 0.15) is 4.70 Å². The number of fused-ring (bicyclic) bond motifs is 1. The molecule has 5 heteroatoms. The first-order chi connectivity index (χ1) is 8.24. The van der Waals surface area contributed by atoms with Crippen molar-refractivity contribution in [1.82, 2.24) is 14.9 Å². The molecular weight excluding hydrogens is 234 g/mol. The molecule has 0 atom stereocenters. The molecule has 0 spiro atoms. The van der Waals surface area contributed by atoms with Gasteiger partial charge in [-0.1, -0.05) is 6.92 Å². The molecule has 0 aliphatic heterocycles. The largest absolute Gasteiger partial charge is 0.315 e. The van der Waals surface area contributed by atoms with Gasteiger partial charge in [-0.2, -0.15) is 0 Å². The zero-order valence-electron chi connectivity index (χ0n) is 10.2. The van der Waals surface area contributed by atoms with Crippen molar-refractivity contribution >= 4 is 21.6 Å². The van der Waals surface area contributed by atoms with Crippen molar-refractivity contribution in [3.63, 3.8) is 0 Å². The van der Waals surface area contributed by atoms with Crippen LogP contribution in [0, 0.1) is 6.92 Å². The zero-order valence-corrected chi connectivity index (χ0v) is 11.0. The molecule has 0 aliphatic rings. The first-order valence-electron chi connectivity index (χ1n) is 5.88. The van der Waals surface area contributed by atoms with Gasteiger partial charge < -0.3 is 5.32 Å². The van der Waals surface area contributed by atoms with E-state index >= 15 is 0 Å². The third-order valence-corrected chi connectivity index (χ3v) is 3.75. The number of hydrogen-bond donors (Lipinski definition) is 1. The molecule has 4 nitrogen and oxygen atoms in total. The van der Waals surface area contributed by atoms with Gasteiger partial charge in [0.25, 0.3) is 5.56 Å². The SMILES string of the molecule is CCCNCCn1cnc2c(C)csc2c1=O. The number of aromatic nitrogens is 2. The van der Waals surface area contributed by atoms with Crippen molar-refractivity contribution in [2.24, 2.45) is 0 Å². The maximum Gasteiger partial charge on any atom is 0.271 e. The fourth-order valence-electron chi connectivity index (χ4n) is 1.72. The Labute approximate surface area is 104 Å². The second kappa shape index (κ2) is 5.42. The molecule has 0 saturated carbocycles. The van der Waals surface area contributed by atoms with Crippen LogP contribution in [0.25, 0.3) is 10.2 Å². The molecule has 92 valence electrons. The van der Waals surface area contributed by atoms with Crippen LogP contribution in [0.3, 0.4) is 0 Å². The minimum absolute atomic E-state index is 0.0754. The molecule has 2 rings (SSSR count). The van der Waals surface area contributed by atoms with Gasteiger partial charge in [0.05, 0.1) is 11.8 Å². The van der Waals surface area contributed by atoms with E-state index in [1.165, 1.54) is 11.3 Å². The van der Waals surface area contributed by atoms with Crippen molar-refractivity contribution in [1.29, 1.82) is 0 Å². The van der Waals surface area contributed by atoms with E-state index < -0.39 is 0 Å². The fourth-order valence-corrected chi connectivity index (χ4v) is 2.67. The average molecular weight is 251 g/mol. The summed E-state index contributed by atoms with van der Waals surface area (Å²) in [6.45, 7) is 6.59. The molecule has 17 heavy (non-hydrogen) atoms. The van der Waals surface area contributed by atoms with Crippen LogP contribution in [0.1, 0.15) is 18.9 Å². The van der Waals surface area contributed by atoms with Gasteiger partial charge in [-0.15, -0.1) is 11.3 Å². The lowest BCUT2D eigenvalue weighted by molar-refractivity contribution is 0.579. The minimum atomic E-state index is 0.0754. The molecular formula is C12H17N3OS. The Hall–Kier alpha value is -1.20. The van der Waals surface area contributed by atoms with Crippen LogP contribution in [-0.2, 0) is 6.54 Å². The summed E-state index contributed by atoms with van der Waals surface area (Å²) in [6, 6.07) is 0. The van der Waals surface area contributed by atoms with E-state index in [0.29, 0.717) is 6.54 Å². The number of nitrogens with one attached hydrogen (secondary N) is 1. The van der Waals surface area contributed by atoms with E-state index in [-0.39, 0.29) is 5.56 Å². The second-order valence-electron chi connectivity index (χ2n) is 4.09. The Morgan fingerprint density at radius 3 is 3.06 bits per heavy atom. The van der Waals surface area contributed by atoms with E-state index in [4.69, 9.17) is 0 Å². The van der Waals surface area contributed by atoms with Gasteiger partial charge >= 0.3 is 0 Å². The molecule has 0 unspecified atom stereocenters. The normalized spacial score (nSPS) is 11.2. The highest BCUT2D eigenvalue weighted by molar-refractivity contribution is 7.17. The average Bonchev–Trinajstić information content (AvgIpc) is 2.70. The van der Waals surface area contributed by atoms with E-state index in [1.54, 1.807) is 10.9 Å². The third-order valence-electron chi connectivity index (χ3n) is 2.68. The maximum atomic E-state index is 12.1. The molecule has 2 aromatic rings. The number of thiophene rings is 1. The highest BCUT2D eigenvalue weighted by Gasteiger charge is 2.07. The predicted molar refractivity (Wildman–Crippen MR) is 71.8 cm³/mol. The van der Waals surface area contributed by atoms with Crippen LogP contribution < -0.4 is 10.9 Å². The zero-order chi connectivity index (χ0) is 12.3. The van der Waals surface area contributed by atoms with Gasteiger partial charge in [-0.3, -0.25) is 9.36 Å². The highest BCUT2D eigenvalue weighted by Crippen LogP contribution is 2.19. The van der Waals surface area contributed by atoms with E-state index in [9.17, 15) is 4.79 Å². The maximum absolute atomic E-state index is 12.1. The fraction of sp³-hybridized carbons (Fsp3) is 0.500. The molecule has 0 radical (unpaired) electrons. The molecule has 0 aliphatic carbocycles. The van der Waals surface area contributed by atoms with Gasteiger partial charge in [0.2, 0.25) is 0 Å². The molecule has 0 fully saturated rings. The Morgan fingerprint density at radius 2 is 2.29 bits per heavy atom. The van der Waals surface area contributed by atoms with Crippen LogP contribution in [0.2, 0.25) is 0 Å². The van der Waals surface area contributed by atoms with Gasteiger partial charge in [0.15, 0.2) is 0 Å². The van der Waals surface area contributed by atoms with Crippen LogP contribution in [0.5, 0.6) is 0 Å². The third kappa shape index (κ3) is 2.56. The molecule has 0 amide bonds. The van der Waals surface area contributed by atoms with E-state index in [1.807, 2.05) is 12.3 Å². The van der Waals surface area contributed by atoms with Crippen molar-refractivity contribution in [2.45, 2.75) is 26.8 Å². The summed E-state index contributed by atoms with van der Waals surface area (Å²) in [5, 5.41) is 5.26. The van der Waals surface area contributed by atoms with Crippen LogP contribution in [0.15, 0.2) is 16.5 Å². The molecule has 1 N–H and O–H groups in total. The van der Waals surface area contributed by atoms with Crippen molar-refractivity contribution in [2.75, 3.05) is 13.1 Å². The van der Waals surface area contributed by atoms with Crippen LogP contribution >= 0.6 is 11.3 Å². The Kier molecular flexibility index (Phi) is 3.91. The Balaban J connectivity index is 2.18. The lowest BCUT2D eigenvalue weighted by Gasteiger charge is -2.06. The quantitative estimate of drug-likeness (QED) is 0.824. The topological polar surface area (TPSA) is 46.9 Å². The van der Waals surface area contributed by atoms with E-state index in [0.717, 1.165) is 35.3 Å². The summed E-state index contributed by atoms with van der Waals surface area (Å²) in [4.78, 5) is 16.5. The lowest BCUT2D eigenvalue weighted by atomic mass is 10.3. The lowest BCUT2D eigenvalue weighted by Crippen LogP contribution is -2.27. The summed E-state index contributed by atoms with van der Waals surface area (Å²) in [7, 11) is 0. The molecule has 2 heterocycles. The Morgan fingerprint density at radius 1 is 1.47 bits per heavy atom. The standard InChI is InChI=1S/C12H17N3OS/c1-3-4-13-5-6-15-8-14-10-9(2)7-17-11(10)12(15)16/h7-8,13H,3-6H2,1-2H3. The number of nitrogens with zero attached hydrogens (tertiary/aromatic N) is 2. The van der Waals surface area contributed by atoms with Gasteiger partial charge in [-0.05, 0) is 30.8 Å². The smallest absolute Gasteiger partial charge is 0.271 e. The first kappa shape index (κ1) is 12.3. The van der Waals surface area contributed by atoms with Crippen molar-refractivity contribution in [3.8, 4) is 0 Å². The van der Waals surface area contributed by atoms with Gasteiger partial charge in [-0.25, -0.2) is 4.98 Å². The molecule has 0 bridgehead atoms. The second-order valence-corrected chi connectivity index (χ2v) is 4.97. The van der Waals surface area contributed by atoms with E-state index in [2.05, 4.69) is 17.2 Å². The summed E-state index contributed by atoms with van der Waals surface area (Å²) in [5.74, 6) is 0. The predicted octanol–water partition coefficient (Wildman–Crippen LogP) is 1.77. The number of aryl methyl sites for hydroxylation is 1. The Bertz CT molecular complexity index is 558. The summed E-state index contributed by atoms with van der Waals surface area (Å²) < 4.78 is 2.45. The summed E-state index contributed by atoms with van der Waals surface area (Å²) in [6.07, 6.45) is 2.76. The molecule has 2 aromatic heterocycles. The monoisotopic (exact) mass is 251 g/mol. The first-order valence-corrected chi connectivity index (χ1v) is 6.76. The number of rotatable bonds is 5. The minimum Gasteiger partial charge on any atom is -0.315 e. The number of hydrogen-bond acceptors (Lipinski definition) is 4. The van der Waals surface area contributed by atoms with Crippen molar-refractivity contribution < 1.29 is 0 Å². The van der Waals surface area contributed by atoms with Crippen molar-refractivity contribution in [3.05, 3.63) is 27.6 Å². The van der Waals surface area contributed by atoms with Crippen LogP contribution in [-0.4, -0.2) is 22.6 Å².